The van der Waals surface area contributed by atoms with Gasteiger partial charge in [-0.25, -0.2) is 0 Å². The van der Waals surface area contributed by atoms with Crippen molar-refractivity contribution in [2.75, 3.05) is 24.6 Å². The van der Waals surface area contributed by atoms with Crippen molar-refractivity contribution in [1.29, 1.82) is 0 Å². The Hall–Kier alpha value is -1.06. The Morgan fingerprint density at radius 3 is 2.94 bits per heavy atom. The fourth-order valence-corrected chi connectivity index (χ4v) is 2.90. The molecule has 1 aliphatic rings. The highest BCUT2D eigenvalue weighted by atomic mass is 16.3. The zero-order valence-electron chi connectivity index (χ0n) is 11.2. The Morgan fingerprint density at radius 1 is 1.44 bits per heavy atom. The molecular weight excluding hydrogens is 224 g/mol. The second-order valence-corrected chi connectivity index (χ2v) is 5.29. The van der Waals surface area contributed by atoms with Crippen LogP contribution in [0.15, 0.2) is 18.2 Å². The number of hydrogen-bond acceptors (Lipinski definition) is 3. The van der Waals surface area contributed by atoms with E-state index in [9.17, 15) is 0 Å². The standard InChI is InChI=1S/C15H24N2O/c1-12-9-14(10-16)4-5-15(12)17-7-2-3-13(11-17)6-8-18/h4-5,9,13,18H,2-3,6-8,10-11,16H2,1H3. The summed E-state index contributed by atoms with van der Waals surface area (Å²) in [4.78, 5) is 2.46. The summed E-state index contributed by atoms with van der Waals surface area (Å²) in [7, 11) is 0. The summed E-state index contributed by atoms with van der Waals surface area (Å²) in [6.07, 6.45) is 3.40. The van der Waals surface area contributed by atoms with Crippen LogP contribution in [0.4, 0.5) is 5.69 Å². The molecule has 2 rings (SSSR count). The fourth-order valence-electron chi connectivity index (χ4n) is 2.90. The lowest BCUT2D eigenvalue weighted by atomic mass is 9.94. The molecule has 0 radical (unpaired) electrons. The molecule has 3 heteroatoms. The first kappa shape index (κ1) is 13.4. The van der Waals surface area contributed by atoms with Crippen molar-refractivity contribution in [2.45, 2.75) is 32.7 Å². The van der Waals surface area contributed by atoms with Gasteiger partial charge in [0.2, 0.25) is 0 Å². The van der Waals surface area contributed by atoms with Crippen molar-refractivity contribution in [3.05, 3.63) is 29.3 Å². The van der Waals surface area contributed by atoms with E-state index < -0.39 is 0 Å². The minimum Gasteiger partial charge on any atom is -0.396 e. The molecule has 1 unspecified atom stereocenters. The molecule has 100 valence electrons. The van der Waals surface area contributed by atoms with Crippen LogP contribution in [0.25, 0.3) is 0 Å². The Labute approximate surface area is 110 Å². The molecule has 1 aliphatic heterocycles. The quantitative estimate of drug-likeness (QED) is 0.857. The van der Waals surface area contributed by atoms with Gasteiger partial charge in [0.05, 0.1) is 0 Å². The zero-order valence-corrected chi connectivity index (χ0v) is 11.2. The van der Waals surface area contributed by atoms with Crippen LogP contribution in [0.1, 0.15) is 30.4 Å². The Morgan fingerprint density at radius 2 is 2.28 bits per heavy atom. The minimum atomic E-state index is 0.309. The van der Waals surface area contributed by atoms with E-state index in [0.29, 0.717) is 19.1 Å². The number of nitrogens with zero attached hydrogens (tertiary/aromatic N) is 1. The van der Waals surface area contributed by atoms with Crippen molar-refractivity contribution in [3.63, 3.8) is 0 Å². The highest BCUT2D eigenvalue weighted by Gasteiger charge is 2.20. The van der Waals surface area contributed by atoms with E-state index in [2.05, 4.69) is 30.0 Å². The van der Waals surface area contributed by atoms with Gasteiger partial charge in [0.1, 0.15) is 0 Å². The number of piperidine rings is 1. The normalized spacial score (nSPS) is 20.2. The second-order valence-electron chi connectivity index (χ2n) is 5.29. The topological polar surface area (TPSA) is 49.5 Å². The molecule has 1 aromatic carbocycles. The molecule has 1 heterocycles. The predicted octanol–water partition coefficient (Wildman–Crippen LogP) is 2.05. The summed E-state index contributed by atoms with van der Waals surface area (Å²) < 4.78 is 0. The van der Waals surface area contributed by atoms with Gasteiger partial charge < -0.3 is 15.7 Å². The molecule has 0 bridgehead atoms. The molecule has 1 fully saturated rings. The number of aliphatic hydroxyl groups excluding tert-OH is 1. The van der Waals surface area contributed by atoms with Gasteiger partial charge in [-0.05, 0) is 49.3 Å². The highest BCUT2D eigenvalue weighted by molar-refractivity contribution is 5.54. The molecule has 3 N–H and O–H groups in total. The molecule has 0 aliphatic carbocycles. The SMILES string of the molecule is Cc1cc(CN)ccc1N1CCCC(CCO)C1. The van der Waals surface area contributed by atoms with Crippen molar-refractivity contribution < 1.29 is 5.11 Å². The molecule has 1 aromatic rings. The first-order valence-corrected chi connectivity index (χ1v) is 6.90. The van der Waals surface area contributed by atoms with E-state index in [0.717, 1.165) is 19.5 Å². The van der Waals surface area contributed by atoms with E-state index in [1.807, 2.05) is 0 Å². The number of benzene rings is 1. The maximum Gasteiger partial charge on any atom is 0.0434 e. The average Bonchev–Trinajstić information content (AvgIpc) is 2.39. The van der Waals surface area contributed by atoms with E-state index >= 15 is 0 Å². The molecule has 3 nitrogen and oxygen atoms in total. The monoisotopic (exact) mass is 248 g/mol. The minimum absolute atomic E-state index is 0.309. The van der Waals surface area contributed by atoms with Gasteiger partial charge in [-0.3, -0.25) is 0 Å². The summed E-state index contributed by atoms with van der Waals surface area (Å²) in [5.74, 6) is 0.636. The number of rotatable bonds is 4. The summed E-state index contributed by atoms with van der Waals surface area (Å²) in [5.41, 5.74) is 9.50. The van der Waals surface area contributed by atoms with E-state index in [1.165, 1.54) is 29.7 Å². The molecule has 1 saturated heterocycles. The summed E-state index contributed by atoms with van der Waals surface area (Å²) >= 11 is 0. The Balaban J connectivity index is 2.10. The van der Waals surface area contributed by atoms with Gasteiger partial charge in [-0.15, -0.1) is 0 Å². The lowest BCUT2D eigenvalue weighted by molar-refractivity contribution is 0.244. The van der Waals surface area contributed by atoms with Crippen molar-refractivity contribution in [3.8, 4) is 0 Å². The van der Waals surface area contributed by atoms with Crippen LogP contribution in [0.2, 0.25) is 0 Å². The first-order chi connectivity index (χ1) is 8.74. The molecule has 0 amide bonds. The van der Waals surface area contributed by atoms with Gasteiger partial charge >= 0.3 is 0 Å². The molecule has 0 spiro atoms. The fraction of sp³-hybridized carbons (Fsp3) is 0.600. The van der Waals surface area contributed by atoms with E-state index in [4.69, 9.17) is 10.8 Å². The third-order valence-electron chi connectivity index (χ3n) is 3.89. The smallest absolute Gasteiger partial charge is 0.0434 e. The van der Waals surface area contributed by atoms with Gasteiger partial charge in [0.25, 0.3) is 0 Å². The summed E-state index contributed by atoms with van der Waals surface area (Å²) in [5, 5.41) is 9.07. The maximum absolute atomic E-state index is 9.07. The van der Waals surface area contributed by atoms with E-state index in [1.54, 1.807) is 0 Å². The van der Waals surface area contributed by atoms with Crippen LogP contribution in [0.3, 0.4) is 0 Å². The van der Waals surface area contributed by atoms with E-state index in [-0.39, 0.29) is 0 Å². The number of anilines is 1. The molecule has 0 aromatic heterocycles. The van der Waals surface area contributed by atoms with Crippen molar-refractivity contribution >= 4 is 5.69 Å². The molecule has 1 atom stereocenters. The summed E-state index contributed by atoms with van der Waals surface area (Å²) in [6, 6.07) is 6.50. The molecule has 18 heavy (non-hydrogen) atoms. The van der Waals surface area contributed by atoms with Crippen LogP contribution in [0, 0.1) is 12.8 Å². The van der Waals surface area contributed by atoms with Crippen LogP contribution >= 0.6 is 0 Å². The lowest BCUT2D eigenvalue weighted by Crippen LogP contribution is -2.36. The second kappa shape index (κ2) is 6.21. The Bertz CT molecular complexity index is 390. The molecule has 0 saturated carbocycles. The Kier molecular flexibility index (Phi) is 4.61. The molecular formula is C15H24N2O. The zero-order chi connectivity index (χ0) is 13.0. The highest BCUT2D eigenvalue weighted by Crippen LogP contribution is 2.27. The van der Waals surface area contributed by atoms with Crippen LogP contribution in [-0.2, 0) is 6.54 Å². The van der Waals surface area contributed by atoms with Gasteiger partial charge in [0.15, 0.2) is 0 Å². The van der Waals surface area contributed by atoms with Crippen molar-refractivity contribution in [1.82, 2.24) is 0 Å². The summed E-state index contributed by atoms with van der Waals surface area (Å²) in [6.45, 7) is 5.27. The lowest BCUT2D eigenvalue weighted by Gasteiger charge is -2.35. The van der Waals surface area contributed by atoms with Gasteiger partial charge in [-0.2, -0.15) is 0 Å². The van der Waals surface area contributed by atoms with Crippen molar-refractivity contribution in [2.24, 2.45) is 11.7 Å². The van der Waals surface area contributed by atoms with Crippen LogP contribution in [-0.4, -0.2) is 24.8 Å². The number of aryl methyl sites for hydroxylation is 1. The van der Waals surface area contributed by atoms with Gasteiger partial charge in [0, 0.05) is 31.9 Å². The number of hydrogen-bond donors (Lipinski definition) is 2. The predicted molar refractivity (Wildman–Crippen MR) is 75.7 cm³/mol. The van der Waals surface area contributed by atoms with Crippen LogP contribution in [0.5, 0.6) is 0 Å². The average molecular weight is 248 g/mol. The number of nitrogens with two attached hydrogens (primary N) is 1. The van der Waals surface area contributed by atoms with Crippen LogP contribution < -0.4 is 10.6 Å². The number of aliphatic hydroxyl groups is 1. The first-order valence-electron chi connectivity index (χ1n) is 6.90. The van der Waals surface area contributed by atoms with Gasteiger partial charge in [-0.1, -0.05) is 12.1 Å². The maximum atomic E-state index is 9.07. The largest absolute Gasteiger partial charge is 0.396 e. The third-order valence-corrected chi connectivity index (χ3v) is 3.89. The third kappa shape index (κ3) is 3.03.